The zero-order chi connectivity index (χ0) is 14.1. The van der Waals surface area contributed by atoms with Gasteiger partial charge >= 0.3 is 119 Å². The average Bonchev–Trinajstić information content (AvgIpc) is 2.38. The van der Waals surface area contributed by atoms with Crippen LogP contribution in [0.1, 0.15) is 66.2 Å². The molecule has 0 unspecified atom stereocenters. The van der Waals surface area contributed by atoms with E-state index in [1.54, 1.807) is 0 Å². The molecule has 0 aliphatic rings. The summed E-state index contributed by atoms with van der Waals surface area (Å²) in [5.74, 6) is 0. The molecular formula is C16H34OSn. The molecule has 0 heterocycles. The SMILES string of the molecule is C=C[C@@](C)(O)[Sn]([CH2]CCC)([CH2]CCC)[CH2]CCC. The molecule has 0 aliphatic heterocycles. The van der Waals surface area contributed by atoms with Crippen LogP contribution in [-0.2, 0) is 0 Å². The van der Waals surface area contributed by atoms with Crippen LogP contribution in [0.3, 0.4) is 0 Å². The van der Waals surface area contributed by atoms with Crippen LogP contribution in [-0.4, -0.2) is 27.1 Å². The van der Waals surface area contributed by atoms with Crippen molar-refractivity contribution in [2.24, 2.45) is 0 Å². The van der Waals surface area contributed by atoms with Crippen molar-refractivity contribution < 1.29 is 5.11 Å². The Balaban J connectivity index is 5.03. The van der Waals surface area contributed by atoms with Gasteiger partial charge in [0.05, 0.1) is 0 Å². The van der Waals surface area contributed by atoms with E-state index < -0.39 is 22.0 Å². The molecule has 1 atom stereocenters. The molecule has 18 heavy (non-hydrogen) atoms. The van der Waals surface area contributed by atoms with Gasteiger partial charge in [0.15, 0.2) is 0 Å². The van der Waals surface area contributed by atoms with Gasteiger partial charge in [-0.05, 0) is 0 Å². The Bertz CT molecular complexity index is 201. The van der Waals surface area contributed by atoms with Crippen LogP contribution in [0.4, 0.5) is 0 Å². The Morgan fingerprint density at radius 3 is 1.50 bits per heavy atom. The van der Waals surface area contributed by atoms with E-state index in [4.69, 9.17) is 0 Å². The molecule has 0 saturated carbocycles. The van der Waals surface area contributed by atoms with Gasteiger partial charge in [0.2, 0.25) is 0 Å². The van der Waals surface area contributed by atoms with Crippen molar-refractivity contribution >= 4 is 18.4 Å². The van der Waals surface area contributed by atoms with E-state index in [1.165, 1.54) is 51.8 Å². The fourth-order valence-electron chi connectivity index (χ4n) is 2.90. The molecule has 1 nitrogen and oxygen atoms in total. The Hall–Kier alpha value is 0.499. The maximum atomic E-state index is 10.9. The topological polar surface area (TPSA) is 20.2 Å². The molecule has 108 valence electrons. The first-order valence-electron chi connectivity index (χ1n) is 7.85. The minimum absolute atomic E-state index is 0.520. The normalized spacial score (nSPS) is 15.4. The predicted molar refractivity (Wildman–Crippen MR) is 85.7 cm³/mol. The van der Waals surface area contributed by atoms with Gasteiger partial charge < -0.3 is 0 Å². The number of unbranched alkanes of at least 4 members (excludes halogenated alkanes) is 3. The molecule has 0 aliphatic carbocycles. The fourth-order valence-corrected chi connectivity index (χ4v) is 19.4. The molecule has 2 heteroatoms. The molecule has 0 aromatic rings. The van der Waals surface area contributed by atoms with E-state index in [9.17, 15) is 5.11 Å². The van der Waals surface area contributed by atoms with Gasteiger partial charge in [0, 0.05) is 0 Å². The van der Waals surface area contributed by atoms with Crippen LogP contribution < -0.4 is 0 Å². The van der Waals surface area contributed by atoms with Gasteiger partial charge in [-0.25, -0.2) is 0 Å². The summed E-state index contributed by atoms with van der Waals surface area (Å²) in [6, 6.07) is 0. The number of hydrogen-bond donors (Lipinski definition) is 1. The van der Waals surface area contributed by atoms with Crippen molar-refractivity contribution in [3.8, 4) is 0 Å². The van der Waals surface area contributed by atoms with Gasteiger partial charge in [-0.2, -0.15) is 0 Å². The summed E-state index contributed by atoms with van der Waals surface area (Å²) in [5, 5.41) is 10.9. The van der Waals surface area contributed by atoms with Crippen LogP contribution in [0.2, 0.25) is 13.3 Å². The van der Waals surface area contributed by atoms with Crippen LogP contribution in [0, 0.1) is 0 Å². The van der Waals surface area contributed by atoms with Crippen molar-refractivity contribution in [2.75, 3.05) is 0 Å². The van der Waals surface area contributed by atoms with Crippen LogP contribution in [0.5, 0.6) is 0 Å². The van der Waals surface area contributed by atoms with E-state index in [0.29, 0.717) is 0 Å². The zero-order valence-corrected chi connectivity index (χ0v) is 15.9. The standard InChI is InChI=1S/C4H7O.3C4H9.Sn/c1-3-4(2)5;3*1-3-4-2;/h3,5H,1H2,2H3;3*1,3-4H2,2H3;. The van der Waals surface area contributed by atoms with Gasteiger partial charge in [0.25, 0.3) is 0 Å². The Labute approximate surface area is 119 Å². The third-order valence-electron chi connectivity index (χ3n) is 4.50. The summed E-state index contributed by atoms with van der Waals surface area (Å²) >= 11 is -2.51. The van der Waals surface area contributed by atoms with E-state index in [0.717, 1.165) is 0 Å². The molecule has 0 aromatic carbocycles. The quantitative estimate of drug-likeness (QED) is 0.391. The minimum atomic E-state index is -2.51. The molecule has 0 spiro atoms. The van der Waals surface area contributed by atoms with Crippen LogP contribution in [0.25, 0.3) is 0 Å². The maximum absolute atomic E-state index is 10.9. The fraction of sp³-hybridized carbons (Fsp3) is 0.875. The van der Waals surface area contributed by atoms with Gasteiger partial charge in [0.1, 0.15) is 0 Å². The van der Waals surface area contributed by atoms with Crippen LogP contribution >= 0.6 is 0 Å². The summed E-state index contributed by atoms with van der Waals surface area (Å²) in [5.41, 5.74) is 0. The zero-order valence-electron chi connectivity index (χ0n) is 13.1. The van der Waals surface area contributed by atoms with E-state index in [2.05, 4.69) is 34.3 Å². The Morgan fingerprint density at radius 1 is 0.944 bits per heavy atom. The van der Waals surface area contributed by atoms with E-state index in [1.807, 2.05) is 6.08 Å². The van der Waals surface area contributed by atoms with Crippen molar-refractivity contribution in [3.05, 3.63) is 12.7 Å². The molecule has 0 saturated heterocycles. The summed E-state index contributed by atoms with van der Waals surface area (Å²) in [7, 11) is 0. The van der Waals surface area contributed by atoms with E-state index in [-0.39, 0.29) is 0 Å². The molecule has 1 N–H and O–H groups in total. The Morgan fingerprint density at radius 2 is 1.28 bits per heavy atom. The van der Waals surface area contributed by atoms with Gasteiger partial charge in [-0.15, -0.1) is 0 Å². The second-order valence-corrected chi connectivity index (χ2v) is 20.4. The first-order chi connectivity index (χ1) is 8.49. The average molecular weight is 361 g/mol. The third-order valence-corrected chi connectivity index (χ3v) is 22.4. The van der Waals surface area contributed by atoms with Crippen molar-refractivity contribution in [1.29, 1.82) is 0 Å². The number of hydrogen-bond acceptors (Lipinski definition) is 1. The first-order valence-corrected chi connectivity index (χ1v) is 15.3. The number of rotatable bonds is 11. The van der Waals surface area contributed by atoms with E-state index >= 15 is 0 Å². The van der Waals surface area contributed by atoms with Crippen molar-refractivity contribution in [1.82, 2.24) is 0 Å². The summed E-state index contributed by atoms with van der Waals surface area (Å²) in [6.07, 6.45) is 9.52. The predicted octanol–water partition coefficient (Wildman–Crippen LogP) is 5.31. The van der Waals surface area contributed by atoms with Crippen molar-refractivity contribution in [2.45, 2.75) is 83.1 Å². The molecule has 0 amide bonds. The molecule has 0 radical (unpaired) electrons. The molecule has 0 bridgehead atoms. The molecule has 0 aromatic heterocycles. The second kappa shape index (κ2) is 9.41. The summed E-state index contributed by atoms with van der Waals surface area (Å²) < 4.78 is 3.49. The van der Waals surface area contributed by atoms with Crippen molar-refractivity contribution in [3.63, 3.8) is 0 Å². The molecule has 0 fully saturated rings. The van der Waals surface area contributed by atoms with Gasteiger partial charge in [-0.3, -0.25) is 0 Å². The monoisotopic (exact) mass is 362 g/mol. The summed E-state index contributed by atoms with van der Waals surface area (Å²) in [4.78, 5) is 0. The van der Waals surface area contributed by atoms with Gasteiger partial charge in [-0.1, -0.05) is 0 Å². The first kappa shape index (κ1) is 18.5. The third kappa shape index (κ3) is 5.24. The molecule has 0 rings (SSSR count). The number of aliphatic hydroxyl groups is 1. The second-order valence-electron chi connectivity index (χ2n) is 5.94. The van der Waals surface area contributed by atoms with Crippen LogP contribution in [0.15, 0.2) is 12.7 Å². The Kier molecular flexibility index (Phi) is 9.67. The molecular weight excluding hydrogens is 327 g/mol. The summed E-state index contributed by atoms with van der Waals surface area (Å²) in [6.45, 7) is 12.8.